The van der Waals surface area contributed by atoms with Crippen LogP contribution in [0.1, 0.15) is 19.3 Å². The highest BCUT2D eigenvalue weighted by Crippen LogP contribution is 2.26. The second-order valence-electron chi connectivity index (χ2n) is 4.04. The Hall–Kier alpha value is -1.63. The van der Waals surface area contributed by atoms with Gasteiger partial charge in [0.1, 0.15) is 6.23 Å². The lowest BCUT2D eigenvalue weighted by atomic mass is 10.1. The zero-order valence-electron chi connectivity index (χ0n) is 9.09. The standard InChI is InChI=1S/C10H13NO6/c12-7-1-2-8(13)11(7)9(17-10(14)15)6-3-4-16-5-6/h6,9H,1-5H2,(H,14,15)/p-1. The average molecular weight is 242 g/mol. The van der Waals surface area contributed by atoms with Crippen LogP contribution in [0.3, 0.4) is 0 Å². The average Bonchev–Trinajstić information content (AvgIpc) is 2.86. The van der Waals surface area contributed by atoms with Crippen LogP contribution < -0.4 is 5.11 Å². The molecule has 2 saturated heterocycles. The number of hydrogen-bond donors (Lipinski definition) is 0. The Balaban J connectivity index is 2.16. The van der Waals surface area contributed by atoms with Crippen molar-refractivity contribution in [3.05, 3.63) is 0 Å². The van der Waals surface area contributed by atoms with E-state index in [4.69, 9.17) is 4.74 Å². The van der Waals surface area contributed by atoms with Crippen molar-refractivity contribution in [3.63, 3.8) is 0 Å². The summed E-state index contributed by atoms with van der Waals surface area (Å²) in [5.41, 5.74) is 0. The maximum absolute atomic E-state index is 11.5. The number of carbonyl (C=O) groups is 3. The fourth-order valence-electron chi connectivity index (χ4n) is 2.11. The molecule has 0 aromatic rings. The van der Waals surface area contributed by atoms with Crippen LogP contribution in [0, 0.1) is 5.92 Å². The minimum atomic E-state index is -1.74. The first-order chi connectivity index (χ1) is 8.09. The van der Waals surface area contributed by atoms with Crippen LogP contribution in [0.15, 0.2) is 0 Å². The Morgan fingerprint density at radius 1 is 1.41 bits per heavy atom. The topological polar surface area (TPSA) is 96.0 Å². The molecule has 2 heterocycles. The van der Waals surface area contributed by atoms with Gasteiger partial charge in [0.15, 0.2) is 0 Å². The van der Waals surface area contributed by atoms with E-state index in [0.29, 0.717) is 13.0 Å². The van der Waals surface area contributed by atoms with E-state index >= 15 is 0 Å². The molecule has 0 bridgehead atoms. The third kappa shape index (κ3) is 2.38. The molecule has 2 rings (SSSR count). The molecule has 2 amide bonds. The second-order valence-corrected chi connectivity index (χ2v) is 4.04. The number of nitrogens with zero attached hydrogens (tertiary/aromatic N) is 1. The first kappa shape index (κ1) is 11.8. The summed E-state index contributed by atoms with van der Waals surface area (Å²) in [7, 11) is 0. The molecule has 0 aromatic heterocycles. The fraction of sp³-hybridized carbons (Fsp3) is 0.700. The van der Waals surface area contributed by atoms with E-state index in [1.54, 1.807) is 0 Å². The lowest BCUT2D eigenvalue weighted by Crippen LogP contribution is -2.48. The minimum absolute atomic E-state index is 0.0965. The summed E-state index contributed by atoms with van der Waals surface area (Å²) in [5.74, 6) is -1.12. The van der Waals surface area contributed by atoms with Crippen molar-refractivity contribution in [1.29, 1.82) is 0 Å². The van der Waals surface area contributed by atoms with Crippen molar-refractivity contribution in [2.75, 3.05) is 13.2 Å². The van der Waals surface area contributed by atoms with Gasteiger partial charge in [0, 0.05) is 25.4 Å². The SMILES string of the molecule is O=C([O-])OC(C1CCOC1)N1C(=O)CCC1=O. The van der Waals surface area contributed by atoms with Crippen molar-refractivity contribution in [1.82, 2.24) is 4.90 Å². The third-order valence-electron chi connectivity index (χ3n) is 2.93. The van der Waals surface area contributed by atoms with Crippen LogP contribution in [0.25, 0.3) is 0 Å². The zero-order valence-corrected chi connectivity index (χ0v) is 9.09. The summed E-state index contributed by atoms with van der Waals surface area (Å²) in [6.45, 7) is 0.739. The number of carboxylic acid groups (broad SMARTS) is 1. The van der Waals surface area contributed by atoms with Crippen LogP contribution >= 0.6 is 0 Å². The van der Waals surface area contributed by atoms with Gasteiger partial charge >= 0.3 is 0 Å². The molecule has 94 valence electrons. The molecule has 0 N–H and O–H groups in total. The van der Waals surface area contributed by atoms with Gasteiger partial charge in [-0.25, -0.2) is 0 Å². The molecule has 7 nitrogen and oxygen atoms in total. The molecule has 2 atom stereocenters. The van der Waals surface area contributed by atoms with Gasteiger partial charge < -0.3 is 19.4 Å². The molecule has 0 spiro atoms. The van der Waals surface area contributed by atoms with E-state index in [-0.39, 0.29) is 25.4 Å². The van der Waals surface area contributed by atoms with Gasteiger partial charge in [-0.3, -0.25) is 14.5 Å². The summed E-state index contributed by atoms with van der Waals surface area (Å²) in [4.78, 5) is 34.5. The van der Waals surface area contributed by atoms with E-state index in [0.717, 1.165) is 4.90 Å². The lowest BCUT2D eigenvalue weighted by Gasteiger charge is -2.33. The smallest absolute Gasteiger partial charge is 0.253 e. The van der Waals surface area contributed by atoms with E-state index in [1.165, 1.54) is 0 Å². The van der Waals surface area contributed by atoms with E-state index < -0.39 is 24.2 Å². The Kier molecular flexibility index (Phi) is 3.28. The van der Waals surface area contributed by atoms with Crippen molar-refractivity contribution in [2.45, 2.75) is 25.5 Å². The highest BCUT2D eigenvalue weighted by atomic mass is 16.7. The first-order valence-electron chi connectivity index (χ1n) is 5.40. The molecular formula is C10H12NO6-. The zero-order chi connectivity index (χ0) is 12.4. The fourth-order valence-corrected chi connectivity index (χ4v) is 2.11. The van der Waals surface area contributed by atoms with Crippen LogP contribution in [0.4, 0.5) is 4.79 Å². The van der Waals surface area contributed by atoms with Crippen LogP contribution in [-0.2, 0) is 19.1 Å². The van der Waals surface area contributed by atoms with Gasteiger partial charge in [0.2, 0.25) is 11.8 Å². The molecule has 2 aliphatic rings. The van der Waals surface area contributed by atoms with Crippen molar-refractivity contribution in [3.8, 4) is 0 Å². The Morgan fingerprint density at radius 2 is 2.06 bits per heavy atom. The van der Waals surface area contributed by atoms with Gasteiger partial charge in [-0.05, 0) is 6.42 Å². The molecule has 17 heavy (non-hydrogen) atoms. The highest BCUT2D eigenvalue weighted by molar-refractivity contribution is 6.02. The maximum atomic E-state index is 11.5. The van der Waals surface area contributed by atoms with Gasteiger partial charge in [-0.2, -0.15) is 0 Å². The quantitative estimate of drug-likeness (QED) is 0.458. The molecular weight excluding hydrogens is 230 g/mol. The molecule has 2 unspecified atom stereocenters. The van der Waals surface area contributed by atoms with Crippen molar-refractivity contribution in [2.24, 2.45) is 5.92 Å². The Labute approximate surface area is 97.3 Å². The first-order valence-corrected chi connectivity index (χ1v) is 5.40. The minimum Gasteiger partial charge on any atom is -0.526 e. The van der Waals surface area contributed by atoms with Gasteiger partial charge in [0.05, 0.1) is 6.61 Å². The predicted octanol–water partition coefficient (Wildman–Crippen LogP) is -1.14. The largest absolute Gasteiger partial charge is 0.526 e. The summed E-state index contributed by atoms with van der Waals surface area (Å²) >= 11 is 0. The second kappa shape index (κ2) is 4.70. The molecule has 0 saturated carbocycles. The summed E-state index contributed by atoms with van der Waals surface area (Å²) < 4.78 is 9.68. The summed E-state index contributed by atoms with van der Waals surface area (Å²) in [6, 6.07) is 0. The molecule has 2 aliphatic heterocycles. The number of likely N-dealkylation sites (tertiary alicyclic amines) is 1. The van der Waals surface area contributed by atoms with Gasteiger partial charge in [-0.15, -0.1) is 0 Å². The Bertz CT molecular complexity index is 333. The predicted molar refractivity (Wildman–Crippen MR) is 50.3 cm³/mol. The lowest BCUT2D eigenvalue weighted by molar-refractivity contribution is -0.294. The number of hydrogen-bond acceptors (Lipinski definition) is 6. The molecule has 0 aliphatic carbocycles. The normalized spacial score (nSPS) is 26.4. The van der Waals surface area contributed by atoms with Crippen LogP contribution in [-0.4, -0.2) is 42.3 Å². The summed E-state index contributed by atoms with van der Waals surface area (Å²) in [6.07, 6.45) is -2.10. The van der Waals surface area contributed by atoms with Crippen LogP contribution in [0.5, 0.6) is 0 Å². The van der Waals surface area contributed by atoms with E-state index in [2.05, 4.69) is 4.74 Å². The van der Waals surface area contributed by atoms with Crippen molar-refractivity contribution >= 4 is 18.0 Å². The summed E-state index contributed by atoms with van der Waals surface area (Å²) in [5, 5.41) is 10.5. The van der Waals surface area contributed by atoms with Crippen molar-refractivity contribution < 1.29 is 29.0 Å². The monoisotopic (exact) mass is 242 g/mol. The molecule has 2 fully saturated rings. The number of rotatable bonds is 3. The number of amides is 2. The number of imide groups is 1. The van der Waals surface area contributed by atoms with E-state index in [1.807, 2.05) is 0 Å². The molecule has 0 radical (unpaired) electrons. The number of ether oxygens (including phenoxy) is 2. The van der Waals surface area contributed by atoms with E-state index in [9.17, 15) is 19.5 Å². The number of carbonyl (C=O) groups excluding carboxylic acids is 3. The Morgan fingerprint density at radius 3 is 2.53 bits per heavy atom. The van der Waals surface area contributed by atoms with Gasteiger partial charge in [0.25, 0.3) is 6.16 Å². The maximum Gasteiger partial charge on any atom is 0.253 e. The van der Waals surface area contributed by atoms with Gasteiger partial charge in [-0.1, -0.05) is 0 Å². The third-order valence-corrected chi connectivity index (χ3v) is 2.93. The van der Waals surface area contributed by atoms with Crippen LogP contribution in [0.2, 0.25) is 0 Å². The highest BCUT2D eigenvalue weighted by Gasteiger charge is 2.39. The molecule has 7 heteroatoms. The molecule has 0 aromatic carbocycles.